The smallest absolute Gasteiger partial charge is 0.406 e. The summed E-state index contributed by atoms with van der Waals surface area (Å²) in [6.07, 6.45) is -1.56. The largest absolute Gasteiger partial charge is 0.573 e. The van der Waals surface area contributed by atoms with Crippen molar-refractivity contribution in [1.29, 1.82) is 5.53 Å². The molecule has 1 heterocycles. The normalized spacial score (nSPS) is 12.0. The standard InChI is InChI=1S/C24H30F3N7O4/c1-23(2,37)15-30-22(36)19(32-28)14-29-11-4-3-7-17-9-10-20(34-33-17)31-21(35)13-16-6-5-8-18(12-16)38-24(25,26)27/h5-6,8-10,12,14,28-29,37H,3-4,7,11,13,15H2,1-2H3,(H,30,36)(H,31,34,35)/b19-14-,32-28?. The van der Waals surface area contributed by atoms with Gasteiger partial charge in [-0.25, -0.2) is 5.53 Å². The third-order valence-corrected chi connectivity index (χ3v) is 4.76. The van der Waals surface area contributed by atoms with E-state index in [1.807, 2.05) is 0 Å². The summed E-state index contributed by atoms with van der Waals surface area (Å²) in [5, 5.41) is 28.8. The molecular weight excluding hydrogens is 507 g/mol. The molecule has 0 aliphatic rings. The van der Waals surface area contributed by atoms with E-state index < -0.39 is 29.5 Å². The molecule has 14 heteroatoms. The fourth-order valence-corrected chi connectivity index (χ4v) is 3.02. The van der Waals surface area contributed by atoms with Gasteiger partial charge >= 0.3 is 6.36 Å². The molecule has 0 aliphatic carbocycles. The Balaban J connectivity index is 1.72. The number of amides is 2. The van der Waals surface area contributed by atoms with Crippen molar-refractivity contribution in [2.45, 2.75) is 51.5 Å². The molecule has 38 heavy (non-hydrogen) atoms. The van der Waals surface area contributed by atoms with E-state index in [-0.39, 0.29) is 24.5 Å². The van der Waals surface area contributed by atoms with Gasteiger partial charge in [-0.3, -0.25) is 9.59 Å². The van der Waals surface area contributed by atoms with Crippen molar-refractivity contribution >= 4 is 17.6 Å². The fraction of sp³-hybridized carbons (Fsp3) is 0.417. The number of carbonyl (C=O) groups is 2. The summed E-state index contributed by atoms with van der Waals surface area (Å²) in [5.74, 6) is -1.23. The molecule has 206 valence electrons. The Morgan fingerprint density at radius 1 is 1.16 bits per heavy atom. The van der Waals surface area contributed by atoms with Gasteiger partial charge in [-0.2, -0.15) is 10.2 Å². The molecule has 0 saturated heterocycles. The molecule has 0 unspecified atom stereocenters. The van der Waals surface area contributed by atoms with Gasteiger partial charge in [0.2, 0.25) is 5.91 Å². The van der Waals surface area contributed by atoms with Crippen LogP contribution in [0.3, 0.4) is 0 Å². The summed E-state index contributed by atoms with van der Waals surface area (Å²) in [6.45, 7) is 3.64. The van der Waals surface area contributed by atoms with Crippen LogP contribution in [-0.2, 0) is 22.4 Å². The monoisotopic (exact) mass is 537 g/mol. The summed E-state index contributed by atoms with van der Waals surface area (Å²) >= 11 is 0. The van der Waals surface area contributed by atoms with E-state index in [9.17, 15) is 27.9 Å². The van der Waals surface area contributed by atoms with Crippen molar-refractivity contribution in [1.82, 2.24) is 20.8 Å². The summed E-state index contributed by atoms with van der Waals surface area (Å²) in [5.41, 5.74) is 6.97. The maximum Gasteiger partial charge on any atom is 0.573 e. The zero-order valence-corrected chi connectivity index (χ0v) is 20.9. The van der Waals surface area contributed by atoms with Crippen molar-refractivity contribution in [3.63, 3.8) is 0 Å². The number of anilines is 1. The molecule has 0 atom stereocenters. The number of aliphatic hydroxyl groups is 1. The van der Waals surface area contributed by atoms with Crippen molar-refractivity contribution in [2.75, 3.05) is 18.4 Å². The number of benzene rings is 1. The molecule has 1 aromatic heterocycles. The molecule has 2 rings (SSSR count). The SMILES string of the molecule is CC(C)(O)CNC(=O)/C(=C/NCCCCc1ccc(NC(=O)Cc2cccc(OC(F)(F)F)c2)nn1)N=N. The molecule has 11 nitrogen and oxygen atoms in total. The first-order valence-electron chi connectivity index (χ1n) is 11.6. The van der Waals surface area contributed by atoms with E-state index in [0.717, 1.165) is 25.0 Å². The second kappa shape index (κ2) is 14.0. The number of aromatic nitrogens is 2. The number of alkyl halides is 3. The summed E-state index contributed by atoms with van der Waals surface area (Å²) in [7, 11) is 0. The van der Waals surface area contributed by atoms with Crippen molar-refractivity contribution in [3.8, 4) is 5.75 Å². The lowest BCUT2D eigenvalue weighted by Crippen LogP contribution is -2.38. The first kappa shape index (κ1) is 30.2. The number of carbonyl (C=O) groups excluding carboxylic acids is 2. The fourth-order valence-electron chi connectivity index (χ4n) is 3.02. The van der Waals surface area contributed by atoms with Gasteiger partial charge in [0.25, 0.3) is 5.91 Å². The van der Waals surface area contributed by atoms with Crippen LogP contribution in [0.2, 0.25) is 0 Å². The summed E-state index contributed by atoms with van der Waals surface area (Å²) < 4.78 is 40.9. The van der Waals surface area contributed by atoms with Gasteiger partial charge in [-0.05, 0) is 62.9 Å². The van der Waals surface area contributed by atoms with Gasteiger partial charge in [0.1, 0.15) is 5.75 Å². The average molecular weight is 538 g/mol. The average Bonchev–Trinajstić information content (AvgIpc) is 2.82. The Kier molecular flexibility index (Phi) is 11.1. The maximum atomic E-state index is 12.4. The molecule has 0 bridgehead atoms. The number of halogens is 3. The molecule has 5 N–H and O–H groups in total. The van der Waals surface area contributed by atoms with Gasteiger partial charge in [-0.15, -0.1) is 18.3 Å². The Hall–Kier alpha value is -4.07. The van der Waals surface area contributed by atoms with Crippen LogP contribution in [0.25, 0.3) is 0 Å². The minimum Gasteiger partial charge on any atom is -0.406 e. The van der Waals surface area contributed by atoms with Crippen LogP contribution in [-0.4, -0.2) is 52.2 Å². The highest BCUT2D eigenvalue weighted by atomic mass is 19.4. The van der Waals surface area contributed by atoms with Crippen molar-refractivity contribution in [2.24, 2.45) is 5.11 Å². The molecule has 0 spiro atoms. The molecule has 1 aromatic carbocycles. The molecule has 0 saturated carbocycles. The number of hydrogen-bond acceptors (Lipinski definition) is 9. The van der Waals surface area contributed by atoms with E-state index in [0.29, 0.717) is 24.2 Å². The van der Waals surface area contributed by atoms with E-state index in [2.05, 4.69) is 36.0 Å². The molecule has 0 aliphatic heterocycles. The quantitative estimate of drug-likeness (QED) is 0.140. The topological polar surface area (TPSA) is 162 Å². The highest BCUT2D eigenvalue weighted by Crippen LogP contribution is 2.23. The second-order valence-electron chi connectivity index (χ2n) is 8.88. The molecule has 0 radical (unpaired) electrons. The minimum atomic E-state index is -4.81. The van der Waals surface area contributed by atoms with Crippen LogP contribution in [0.4, 0.5) is 19.0 Å². The zero-order valence-electron chi connectivity index (χ0n) is 20.9. The van der Waals surface area contributed by atoms with Crippen molar-refractivity contribution in [3.05, 3.63) is 59.6 Å². The van der Waals surface area contributed by atoms with Crippen LogP contribution in [0.15, 0.2) is 53.4 Å². The second-order valence-corrected chi connectivity index (χ2v) is 8.88. The third-order valence-electron chi connectivity index (χ3n) is 4.76. The minimum absolute atomic E-state index is 0.0247. The van der Waals surface area contributed by atoms with Gasteiger partial charge in [0, 0.05) is 19.3 Å². The molecule has 2 aromatic rings. The van der Waals surface area contributed by atoms with E-state index in [4.69, 9.17) is 5.53 Å². The van der Waals surface area contributed by atoms with Crippen LogP contribution >= 0.6 is 0 Å². The van der Waals surface area contributed by atoms with Gasteiger partial charge in [0.05, 0.1) is 17.7 Å². The van der Waals surface area contributed by atoms with Gasteiger partial charge in [-0.1, -0.05) is 12.1 Å². The number of ether oxygens (including phenoxy) is 1. The van der Waals surface area contributed by atoms with Crippen LogP contribution in [0.5, 0.6) is 5.75 Å². The highest BCUT2D eigenvalue weighted by molar-refractivity contribution is 5.92. The summed E-state index contributed by atoms with van der Waals surface area (Å²) in [6, 6.07) is 8.45. The lowest BCUT2D eigenvalue weighted by atomic mass is 10.1. The summed E-state index contributed by atoms with van der Waals surface area (Å²) in [4.78, 5) is 24.2. The number of nitrogens with one attached hydrogen (secondary N) is 4. The van der Waals surface area contributed by atoms with Crippen LogP contribution in [0, 0.1) is 5.53 Å². The van der Waals surface area contributed by atoms with Crippen molar-refractivity contribution < 1.29 is 32.6 Å². The van der Waals surface area contributed by atoms with Gasteiger partial charge in [0.15, 0.2) is 11.5 Å². The third kappa shape index (κ3) is 12.3. The Morgan fingerprint density at radius 2 is 1.92 bits per heavy atom. The lowest BCUT2D eigenvalue weighted by Gasteiger charge is -2.17. The first-order chi connectivity index (χ1) is 17.8. The van der Waals surface area contributed by atoms with E-state index in [1.54, 1.807) is 26.0 Å². The number of hydrogen-bond donors (Lipinski definition) is 5. The van der Waals surface area contributed by atoms with Crippen LogP contribution in [0.1, 0.15) is 37.9 Å². The Bertz CT molecular complexity index is 1120. The maximum absolute atomic E-state index is 12.4. The number of nitrogens with zero attached hydrogens (tertiary/aromatic N) is 3. The molecule has 0 fully saturated rings. The van der Waals surface area contributed by atoms with Gasteiger partial charge < -0.3 is 25.8 Å². The van der Waals surface area contributed by atoms with E-state index in [1.165, 1.54) is 18.3 Å². The zero-order chi connectivity index (χ0) is 28.2. The predicted molar refractivity (Wildman–Crippen MR) is 131 cm³/mol. The predicted octanol–water partition coefficient (Wildman–Crippen LogP) is 3.23. The Labute approximate surface area is 217 Å². The van der Waals surface area contributed by atoms with E-state index >= 15 is 0 Å². The molecular formula is C24H30F3N7O4. The Morgan fingerprint density at radius 3 is 2.55 bits per heavy atom. The lowest BCUT2D eigenvalue weighted by molar-refractivity contribution is -0.274. The first-order valence-corrected chi connectivity index (χ1v) is 11.6. The number of unbranched alkanes of at least 4 members (excludes halogenated alkanes) is 1. The number of rotatable bonds is 14. The highest BCUT2D eigenvalue weighted by Gasteiger charge is 2.31. The van der Waals surface area contributed by atoms with Crippen LogP contribution < -0.4 is 20.7 Å². The number of aryl methyl sites for hydroxylation is 1. The molecule has 2 amide bonds.